The van der Waals surface area contributed by atoms with Crippen molar-refractivity contribution in [2.45, 2.75) is 31.7 Å². The second-order valence-electron chi connectivity index (χ2n) is 5.77. The van der Waals surface area contributed by atoms with Crippen molar-refractivity contribution in [3.63, 3.8) is 0 Å². The van der Waals surface area contributed by atoms with Gasteiger partial charge in [-0.3, -0.25) is 4.79 Å². The van der Waals surface area contributed by atoms with Crippen LogP contribution in [-0.2, 0) is 4.79 Å². The van der Waals surface area contributed by atoms with E-state index in [1.165, 1.54) is 12.8 Å². The molecular weight excluding hydrogens is 252 g/mol. The third-order valence-corrected chi connectivity index (χ3v) is 4.09. The van der Waals surface area contributed by atoms with Crippen molar-refractivity contribution in [3.8, 4) is 5.75 Å². The van der Waals surface area contributed by atoms with E-state index >= 15 is 0 Å². The quantitative estimate of drug-likeness (QED) is 0.895. The van der Waals surface area contributed by atoms with Gasteiger partial charge < -0.3 is 15.0 Å². The van der Waals surface area contributed by atoms with Gasteiger partial charge in [0.25, 0.3) is 0 Å². The molecule has 20 heavy (non-hydrogen) atoms. The Morgan fingerprint density at radius 3 is 2.85 bits per heavy atom. The van der Waals surface area contributed by atoms with E-state index in [-0.39, 0.29) is 11.9 Å². The molecule has 1 aliphatic carbocycles. The van der Waals surface area contributed by atoms with Crippen LogP contribution in [0, 0.1) is 5.92 Å². The van der Waals surface area contributed by atoms with Crippen molar-refractivity contribution in [3.05, 3.63) is 24.3 Å². The zero-order chi connectivity index (χ0) is 13.9. The van der Waals surface area contributed by atoms with Crippen LogP contribution in [-0.4, -0.2) is 32.1 Å². The highest BCUT2D eigenvalue weighted by Crippen LogP contribution is 2.33. The number of amides is 1. The van der Waals surface area contributed by atoms with E-state index in [1.807, 2.05) is 31.3 Å². The molecule has 1 saturated heterocycles. The normalized spacial score (nSPS) is 21.8. The summed E-state index contributed by atoms with van der Waals surface area (Å²) in [7, 11) is 1.83. The number of hydrogen-bond acceptors (Lipinski definition) is 3. The third-order valence-electron chi connectivity index (χ3n) is 4.09. The average molecular weight is 274 g/mol. The van der Waals surface area contributed by atoms with Gasteiger partial charge >= 0.3 is 0 Å². The van der Waals surface area contributed by atoms with Gasteiger partial charge in [-0.15, -0.1) is 0 Å². The predicted octanol–water partition coefficient (Wildman–Crippen LogP) is 2.19. The van der Waals surface area contributed by atoms with Crippen LogP contribution in [0.25, 0.3) is 0 Å². The molecule has 3 rings (SSSR count). The molecule has 108 valence electrons. The first-order chi connectivity index (χ1) is 9.75. The number of likely N-dealkylation sites (N-methyl/N-ethyl adjacent to an activating group) is 1. The summed E-state index contributed by atoms with van der Waals surface area (Å²) in [5.74, 6) is 1.65. The minimum Gasteiger partial charge on any atom is -0.491 e. The zero-order valence-electron chi connectivity index (χ0n) is 12.0. The number of ether oxygens (including phenoxy) is 1. The molecule has 1 atom stereocenters. The maximum Gasteiger partial charge on any atom is 0.243 e. The number of nitrogens with one attached hydrogen (secondary N) is 1. The lowest BCUT2D eigenvalue weighted by atomic mass is 10.2. The Balaban J connectivity index is 1.71. The van der Waals surface area contributed by atoms with Crippen molar-refractivity contribution in [1.82, 2.24) is 5.32 Å². The summed E-state index contributed by atoms with van der Waals surface area (Å²) in [6.07, 6.45) is 4.53. The Labute approximate surface area is 120 Å². The van der Waals surface area contributed by atoms with Crippen LogP contribution >= 0.6 is 0 Å². The summed E-state index contributed by atoms with van der Waals surface area (Å²) in [6.45, 7) is 1.70. The standard InChI is InChI=1S/C16H22N2O2/c1-18(16(19)13-5-4-10-17-13)14-6-2-3-7-15(14)20-11-12-8-9-12/h2-3,6-7,12-13,17H,4-5,8-11H2,1H3. The van der Waals surface area contributed by atoms with Crippen molar-refractivity contribution in [1.29, 1.82) is 0 Å². The molecular formula is C16H22N2O2. The first-order valence-corrected chi connectivity index (χ1v) is 7.48. The molecule has 1 aromatic rings. The third kappa shape index (κ3) is 2.96. The number of para-hydroxylation sites is 2. The van der Waals surface area contributed by atoms with E-state index < -0.39 is 0 Å². The van der Waals surface area contributed by atoms with E-state index in [0.717, 1.165) is 37.4 Å². The van der Waals surface area contributed by atoms with E-state index in [1.54, 1.807) is 4.90 Å². The zero-order valence-corrected chi connectivity index (χ0v) is 12.0. The van der Waals surface area contributed by atoms with Gasteiger partial charge in [0.05, 0.1) is 18.3 Å². The molecule has 1 saturated carbocycles. The molecule has 1 aliphatic heterocycles. The highest BCUT2D eigenvalue weighted by Gasteiger charge is 2.27. The van der Waals surface area contributed by atoms with Crippen molar-refractivity contribution < 1.29 is 9.53 Å². The van der Waals surface area contributed by atoms with Crippen LogP contribution in [0.5, 0.6) is 5.75 Å². The Kier molecular flexibility index (Phi) is 3.92. The van der Waals surface area contributed by atoms with E-state index in [2.05, 4.69) is 5.32 Å². The number of anilines is 1. The highest BCUT2D eigenvalue weighted by molar-refractivity contribution is 5.98. The molecule has 1 unspecified atom stereocenters. The molecule has 4 nitrogen and oxygen atoms in total. The summed E-state index contributed by atoms with van der Waals surface area (Å²) in [6, 6.07) is 7.76. The lowest BCUT2D eigenvalue weighted by Crippen LogP contribution is -2.41. The van der Waals surface area contributed by atoms with Crippen LogP contribution in [0.15, 0.2) is 24.3 Å². The van der Waals surface area contributed by atoms with Crippen LogP contribution in [0.3, 0.4) is 0 Å². The summed E-state index contributed by atoms with van der Waals surface area (Å²) >= 11 is 0. The Morgan fingerprint density at radius 1 is 1.35 bits per heavy atom. The van der Waals surface area contributed by atoms with Gasteiger partial charge in [-0.05, 0) is 50.3 Å². The maximum absolute atomic E-state index is 12.5. The number of carbonyl (C=O) groups excluding carboxylic acids is 1. The molecule has 0 bridgehead atoms. The lowest BCUT2D eigenvalue weighted by Gasteiger charge is -2.23. The number of carbonyl (C=O) groups is 1. The fourth-order valence-corrected chi connectivity index (χ4v) is 2.60. The SMILES string of the molecule is CN(C(=O)C1CCCN1)c1ccccc1OCC1CC1. The van der Waals surface area contributed by atoms with Crippen LogP contribution in [0.4, 0.5) is 5.69 Å². The fraction of sp³-hybridized carbons (Fsp3) is 0.562. The summed E-state index contributed by atoms with van der Waals surface area (Å²) < 4.78 is 5.88. The van der Waals surface area contributed by atoms with Gasteiger partial charge in [-0.1, -0.05) is 12.1 Å². The first-order valence-electron chi connectivity index (χ1n) is 7.48. The molecule has 2 aliphatic rings. The summed E-state index contributed by atoms with van der Waals surface area (Å²) in [5.41, 5.74) is 0.867. The molecule has 1 aromatic carbocycles. The fourth-order valence-electron chi connectivity index (χ4n) is 2.60. The van der Waals surface area contributed by atoms with Gasteiger partial charge in [0, 0.05) is 7.05 Å². The van der Waals surface area contributed by atoms with Crippen molar-refractivity contribution in [2.75, 3.05) is 25.1 Å². The summed E-state index contributed by atoms with van der Waals surface area (Å²) in [4.78, 5) is 14.2. The summed E-state index contributed by atoms with van der Waals surface area (Å²) in [5, 5.41) is 3.25. The molecule has 4 heteroatoms. The maximum atomic E-state index is 12.5. The molecule has 1 amide bonds. The minimum atomic E-state index is -0.0449. The van der Waals surface area contributed by atoms with E-state index in [4.69, 9.17) is 4.74 Å². The molecule has 0 spiro atoms. The van der Waals surface area contributed by atoms with E-state index in [9.17, 15) is 4.79 Å². The van der Waals surface area contributed by atoms with Gasteiger partial charge in [-0.25, -0.2) is 0 Å². The molecule has 1 N–H and O–H groups in total. The molecule has 2 fully saturated rings. The lowest BCUT2D eigenvalue weighted by molar-refractivity contribution is -0.120. The second kappa shape index (κ2) is 5.83. The number of nitrogens with zero attached hydrogens (tertiary/aromatic N) is 1. The van der Waals surface area contributed by atoms with Crippen LogP contribution < -0.4 is 15.0 Å². The molecule has 0 radical (unpaired) electrons. The van der Waals surface area contributed by atoms with Gasteiger partial charge in [0.2, 0.25) is 5.91 Å². The van der Waals surface area contributed by atoms with Crippen molar-refractivity contribution >= 4 is 11.6 Å². The van der Waals surface area contributed by atoms with Gasteiger partial charge in [-0.2, -0.15) is 0 Å². The number of rotatable bonds is 5. The molecule has 1 heterocycles. The minimum absolute atomic E-state index is 0.0449. The topological polar surface area (TPSA) is 41.6 Å². The van der Waals surface area contributed by atoms with Crippen LogP contribution in [0.2, 0.25) is 0 Å². The Bertz CT molecular complexity index is 479. The van der Waals surface area contributed by atoms with Gasteiger partial charge in [0.1, 0.15) is 5.75 Å². The Hall–Kier alpha value is -1.55. The number of hydrogen-bond donors (Lipinski definition) is 1. The van der Waals surface area contributed by atoms with Crippen molar-refractivity contribution in [2.24, 2.45) is 5.92 Å². The van der Waals surface area contributed by atoms with Gasteiger partial charge in [0.15, 0.2) is 0 Å². The van der Waals surface area contributed by atoms with Crippen LogP contribution in [0.1, 0.15) is 25.7 Å². The highest BCUT2D eigenvalue weighted by atomic mass is 16.5. The molecule has 0 aromatic heterocycles. The van der Waals surface area contributed by atoms with E-state index in [0.29, 0.717) is 5.92 Å². The largest absolute Gasteiger partial charge is 0.491 e. The predicted molar refractivity (Wildman–Crippen MR) is 79.1 cm³/mol. The number of benzene rings is 1. The average Bonchev–Trinajstić information content (AvgIpc) is 3.15. The first kappa shape index (κ1) is 13.4. The smallest absolute Gasteiger partial charge is 0.243 e. The monoisotopic (exact) mass is 274 g/mol. The second-order valence-corrected chi connectivity index (χ2v) is 5.77. The Morgan fingerprint density at radius 2 is 2.15 bits per heavy atom.